The lowest BCUT2D eigenvalue weighted by Crippen LogP contribution is -2.08. The van der Waals surface area contributed by atoms with Crippen LogP contribution in [0.2, 0.25) is 0 Å². The van der Waals surface area contributed by atoms with Gasteiger partial charge < -0.3 is 15.3 Å². The van der Waals surface area contributed by atoms with Crippen molar-refractivity contribution < 1.29 is 14.3 Å². The van der Waals surface area contributed by atoms with Gasteiger partial charge in [-0.25, -0.2) is 14.8 Å². The number of rotatable bonds is 3. The first-order chi connectivity index (χ1) is 12.6. The Morgan fingerprint density at radius 1 is 0.962 bits per heavy atom. The van der Waals surface area contributed by atoms with Crippen LogP contribution >= 0.6 is 0 Å². The maximum Gasteiger partial charge on any atom is 0.409 e. The molecule has 1 amide bonds. The third-order valence-electron chi connectivity index (χ3n) is 3.62. The number of fused-ring (bicyclic) bond motifs is 1. The van der Waals surface area contributed by atoms with Crippen LogP contribution in [0, 0.1) is 0 Å². The second-order valence-electron chi connectivity index (χ2n) is 5.33. The smallest absolute Gasteiger partial charge is 0.409 e. The van der Waals surface area contributed by atoms with E-state index in [0.717, 1.165) is 0 Å². The number of carboxylic acid groups (broad SMARTS) is 1. The summed E-state index contributed by atoms with van der Waals surface area (Å²) < 4.78 is 5.67. The highest BCUT2D eigenvalue weighted by Gasteiger charge is 2.18. The van der Waals surface area contributed by atoms with Crippen LogP contribution in [0.25, 0.3) is 34.1 Å². The molecule has 9 nitrogen and oxygen atoms in total. The van der Waals surface area contributed by atoms with Crippen molar-refractivity contribution in [3.05, 3.63) is 48.5 Å². The molecule has 0 fully saturated rings. The second-order valence-corrected chi connectivity index (χ2v) is 5.33. The average Bonchev–Trinajstić information content (AvgIpc) is 3.10. The highest BCUT2D eigenvalue weighted by atomic mass is 16.4. The molecule has 0 aliphatic heterocycles. The molecule has 0 spiro atoms. The van der Waals surface area contributed by atoms with Crippen molar-refractivity contribution in [3.8, 4) is 23.0 Å². The molecule has 2 heterocycles. The lowest BCUT2D eigenvalue weighted by atomic mass is 10.2. The SMILES string of the molecule is Nc1nc2ccccc2nc1-c1nnc(-c2ccccc2NC(=O)O)o1. The minimum absolute atomic E-state index is 0.0980. The molecular weight excluding hydrogens is 336 g/mol. The lowest BCUT2D eigenvalue weighted by Gasteiger charge is -2.05. The third kappa shape index (κ3) is 2.77. The van der Waals surface area contributed by atoms with Crippen LogP contribution in [0.5, 0.6) is 0 Å². The molecule has 4 aromatic rings. The molecule has 0 radical (unpaired) electrons. The van der Waals surface area contributed by atoms with Crippen molar-refractivity contribution in [2.75, 3.05) is 11.1 Å². The molecule has 0 saturated heterocycles. The highest BCUT2D eigenvalue weighted by molar-refractivity contribution is 5.89. The van der Waals surface area contributed by atoms with Gasteiger partial charge in [-0.15, -0.1) is 10.2 Å². The maximum atomic E-state index is 10.9. The minimum Gasteiger partial charge on any atom is -0.465 e. The van der Waals surface area contributed by atoms with E-state index in [9.17, 15) is 4.79 Å². The fourth-order valence-electron chi connectivity index (χ4n) is 2.49. The fraction of sp³-hybridized carbons (Fsp3) is 0. The molecule has 0 aliphatic rings. The number of aromatic nitrogens is 4. The van der Waals surface area contributed by atoms with Crippen LogP contribution in [-0.4, -0.2) is 31.4 Å². The van der Waals surface area contributed by atoms with Gasteiger partial charge in [0.2, 0.25) is 5.89 Å². The summed E-state index contributed by atoms with van der Waals surface area (Å²) in [7, 11) is 0. The van der Waals surface area contributed by atoms with Crippen molar-refractivity contribution >= 4 is 28.6 Å². The van der Waals surface area contributed by atoms with Crippen LogP contribution < -0.4 is 11.1 Å². The van der Waals surface area contributed by atoms with E-state index in [1.807, 2.05) is 12.1 Å². The number of nitrogens with zero attached hydrogens (tertiary/aromatic N) is 4. The first kappa shape index (κ1) is 15.5. The predicted molar refractivity (Wildman–Crippen MR) is 94.3 cm³/mol. The van der Waals surface area contributed by atoms with Crippen LogP contribution in [0.4, 0.5) is 16.3 Å². The van der Waals surface area contributed by atoms with Gasteiger partial charge >= 0.3 is 6.09 Å². The number of hydrogen-bond donors (Lipinski definition) is 3. The van der Waals surface area contributed by atoms with Gasteiger partial charge in [-0.2, -0.15) is 0 Å². The number of nitrogen functional groups attached to an aromatic ring is 1. The Morgan fingerprint density at radius 2 is 1.62 bits per heavy atom. The summed E-state index contributed by atoms with van der Waals surface area (Å²) in [6, 6.07) is 14.0. The van der Waals surface area contributed by atoms with Gasteiger partial charge in [-0.05, 0) is 24.3 Å². The summed E-state index contributed by atoms with van der Waals surface area (Å²) in [4.78, 5) is 19.7. The molecular formula is C17H12N6O3. The van der Waals surface area contributed by atoms with Crippen molar-refractivity contribution in [2.45, 2.75) is 0 Å². The van der Waals surface area contributed by atoms with E-state index in [-0.39, 0.29) is 23.3 Å². The molecule has 26 heavy (non-hydrogen) atoms. The van der Waals surface area contributed by atoms with Gasteiger partial charge in [0.1, 0.15) is 0 Å². The van der Waals surface area contributed by atoms with Gasteiger partial charge in [0.05, 0.1) is 22.3 Å². The van der Waals surface area contributed by atoms with E-state index in [1.54, 1.807) is 36.4 Å². The van der Waals surface area contributed by atoms with E-state index in [0.29, 0.717) is 22.3 Å². The molecule has 0 aliphatic carbocycles. The quantitative estimate of drug-likeness (QED) is 0.513. The zero-order valence-electron chi connectivity index (χ0n) is 13.2. The molecule has 2 aromatic carbocycles. The largest absolute Gasteiger partial charge is 0.465 e. The second kappa shape index (κ2) is 6.13. The molecule has 0 saturated carbocycles. The normalized spacial score (nSPS) is 10.8. The third-order valence-corrected chi connectivity index (χ3v) is 3.62. The van der Waals surface area contributed by atoms with E-state index >= 15 is 0 Å². The summed E-state index contributed by atoms with van der Waals surface area (Å²) in [5, 5.41) is 19.2. The maximum absolute atomic E-state index is 10.9. The Kier molecular flexibility index (Phi) is 3.66. The Labute approximate surface area is 146 Å². The summed E-state index contributed by atoms with van der Waals surface area (Å²) in [5.74, 6) is 0.399. The molecule has 0 bridgehead atoms. The number of nitrogens with two attached hydrogens (primary N) is 1. The number of para-hydroxylation sites is 3. The van der Waals surface area contributed by atoms with E-state index in [4.69, 9.17) is 15.3 Å². The van der Waals surface area contributed by atoms with Crippen molar-refractivity contribution in [1.82, 2.24) is 20.2 Å². The van der Waals surface area contributed by atoms with Crippen LogP contribution in [0.1, 0.15) is 0 Å². The lowest BCUT2D eigenvalue weighted by molar-refractivity contribution is 0.210. The minimum atomic E-state index is -1.19. The molecule has 128 valence electrons. The number of nitrogens with one attached hydrogen (secondary N) is 1. The predicted octanol–water partition coefficient (Wildman–Crippen LogP) is 3.02. The zero-order chi connectivity index (χ0) is 18.1. The Balaban J connectivity index is 1.78. The standard InChI is InChI=1S/C17H12N6O3/c18-14-13(19-11-7-3-4-8-12(11)20-14)16-23-22-15(26-16)9-5-1-2-6-10(9)21-17(24)25/h1-8,21H,(H2,18,20)(H,24,25). The topological polar surface area (TPSA) is 140 Å². The van der Waals surface area contributed by atoms with Crippen LogP contribution in [0.15, 0.2) is 52.9 Å². The number of amides is 1. The molecule has 4 N–H and O–H groups in total. The van der Waals surface area contributed by atoms with Crippen LogP contribution in [0.3, 0.4) is 0 Å². The first-order valence-corrected chi connectivity index (χ1v) is 7.57. The molecule has 0 unspecified atom stereocenters. The summed E-state index contributed by atoms with van der Waals surface area (Å²) >= 11 is 0. The van der Waals surface area contributed by atoms with Gasteiger partial charge in [0.15, 0.2) is 11.5 Å². The van der Waals surface area contributed by atoms with Gasteiger partial charge in [-0.1, -0.05) is 24.3 Å². The van der Waals surface area contributed by atoms with Gasteiger partial charge in [0, 0.05) is 0 Å². The Hall–Kier alpha value is -4.01. The summed E-state index contributed by atoms with van der Waals surface area (Å²) in [6.45, 7) is 0. The van der Waals surface area contributed by atoms with Crippen molar-refractivity contribution in [1.29, 1.82) is 0 Å². The Bertz CT molecular complexity index is 1120. The van der Waals surface area contributed by atoms with E-state index in [2.05, 4.69) is 25.5 Å². The Morgan fingerprint density at radius 3 is 2.38 bits per heavy atom. The monoisotopic (exact) mass is 348 g/mol. The molecule has 4 rings (SSSR count). The van der Waals surface area contributed by atoms with Crippen molar-refractivity contribution in [2.24, 2.45) is 0 Å². The highest BCUT2D eigenvalue weighted by Crippen LogP contribution is 2.30. The van der Waals surface area contributed by atoms with Gasteiger partial charge in [-0.3, -0.25) is 5.32 Å². The van der Waals surface area contributed by atoms with Crippen molar-refractivity contribution in [3.63, 3.8) is 0 Å². The summed E-state index contributed by atoms with van der Waals surface area (Å²) in [5.41, 5.74) is 8.31. The molecule has 9 heteroatoms. The first-order valence-electron chi connectivity index (χ1n) is 7.57. The number of hydrogen-bond acceptors (Lipinski definition) is 7. The molecule has 0 atom stereocenters. The zero-order valence-corrected chi connectivity index (χ0v) is 13.2. The fourth-order valence-corrected chi connectivity index (χ4v) is 2.49. The van der Waals surface area contributed by atoms with Gasteiger partial charge in [0.25, 0.3) is 5.89 Å². The number of carbonyl (C=O) groups is 1. The average molecular weight is 348 g/mol. The van der Waals surface area contributed by atoms with Crippen LogP contribution in [-0.2, 0) is 0 Å². The molecule has 2 aromatic heterocycles. The van der Waals surface area contributed by atoms with E-state index < -0.39 is 6.09 Å². The summed E-state index contributed by atoms with van der Waals surface area (Å²) in [6.07, 6.45) is -1.19. The number of anilines is 2. The van der Waals surface area contributed by atoms with E-state index in [1.165, 1.54) is 0 Å². The number of benzene rings is 2.